The van der Waals surface area contributed by atoms with Crippen molar-refractivity contribution in [2.75, 3.05) is 0 Å². The summed E-state index contributed by atoms with van der Waals surface area (Å²) in [5.74, 6) is 2.43. The van der Waals surface area contributed by atoms with Crippen LogP contribution >= 0.6 is 0 Å². The molecule has 3 heteroatoms. The Balaban J connectivity index is 2.56. The second kappa shape index (κ2) is 4.07. The first-order valence-corrected chi connectivity index (χ1v) is 4.64. The molecule has 0 saturated heterocycles. The highest BCUT2D eigenvalue weighted by molar-refractivity contribution is 5.77. The molecule has 1 aromatic heterocycles. The highest BCUT2D eigenvalue weighted by atomic mass is 16.3. The van der Waals surface area contributed by atoms with Crippen LogP contribution in [0.2, 0.25) is 0 Å². The number of aliphatic hydroxyl groups is 1. The fourth-order valence-corrected chi connectivity index (χ4v) is 1.51. The van der Waals surface area contributed by atoms with Crippen LogP contribution in [-0.2, 0) is 0 Å². The van der Waals surface area contributed by atoms with Crippen LogP contribution in [0.15, 0.2) is 30.6 Å². The summed E-state index contributed by atoms with van der Waals surface area (Å²) >= 11 is 0. The molecule has 0 saturated carbocycles. The number of aliphatic hydroxyl groups excluding tert-OH is 1. The van der Waals surface area contributed by atoms with E-state index in [-0.39, 0.29) is 6.42 Å². The van der Waals surface area contributed by atoms with Crippen molar-refractivity contribution in [1.29, 1.82) is 0 Å². The van der Waals surface area contributed by atoms with Crippen LogP contribution in [-0.4, -0.2) is 15.1 Å². The van der Waals surface area contributed by atoms with Gasteiger partial charge in [0.2, 0.25) is 0 Å². The Morgan fingerprint density at radius 2 is 2.13 bits per heavy atom. The standard InChI is InChI=1S/C12H10N2O/c1-2-4-11(15)9-5-3-6-10-12(9)14-8-7-13-10/h1,3,5-8,11,15H,4H2. The molecule has 0 radical (unpaired) electrons. The molecular weight excluding hydrogens is 188 g/mol. The lowest BCUT2D eigenvalue weighted by Gasteiger charge is -2.09. The van der Waals surface area contributed by atoms with Crippen molar-refractivity contribution >= 4 is 11.0 Å². The second-order valence-corrected chi connectivity index (χ2v) is 3.20. The number of rotatable bonds is 2. The van der Waals surface area contributed by atoms with E-state index < -0.39 is 6.10 Å². The van der Waals surface area contributed by atoms with Gasteiger partial charge in [0.15, 0.2) is 0 Å². The number of para-hydroxylation sites is 1. The van der Waals surface area contributed by atoms with Crippen molar-refractivity contribution in [2.45, 2.75) is 12.5 Å². The second-order valence-electron chi connectivity index (χ2n) is 3.20. The molecule has 74 valence electrons. The summed E-state index contributed by atoms with van der Waals surface area (Å²) in [6, 6.07) is 5.51. The molecule has 1 N–H and O–H groups in total. The summed E-state index contributed by atoms with van der Waals surface area (Å²) in [5, 5.41) is 9.81. The van der Waals surface area contributed by atoms with E-state index in [1.807, 2.05) is 18.2 Å². The van der Waals surface area contributed by atoms with E-state index in [1.54, 1.807) is 12.4 Å². The van der Waals surface area contributed by atoms with Crippen molar-refractivity contribution in [2.24, 2.45) is 0 Å². The summed E-state index contributed by atoms with van der Waals surface area (Å²) in [6.45, 7) is 0. The maximum atomic E-state index is 9.81. The van der Waals surface area contributed by atoms with E-state index in [1.165, 1.54) is 0 Å². The molecule has 3 nitrogen and oxygen atoms in total. The lowest BCUT2D eigenvalue weighted by molar-refractivity contribution is 0.185. The summed E-state index contributed by atoms with van der Waals surface area (Å²) in [4.78, 5) is 8.35. The van der Waals surface area contributed by atoms with Crippen LogP contribution in [0.4, 0.5) is 0 Å². The Kier molecular flexibility index (Phi) is 2.61. The molecule has 0 amide bonds. The van der Waals surface area contributed by atoms with Crippen molar-refractivity contribution in [3.05, 3.63) is 36.2 Å². The number of nitrogens with zero attached hydrogens (tertiary/aromatic N) is 2. The third-order valence-corrected chi connectivity index (χ3v) is 2.20. The smallest absolute Gasteiger partial charge is 0.0945 e. The van der Waals surface area contributed by atoms with E-state index in [4.69, 9.17) is 6.42 Å². The Morgan fingerprint density at radius 3 is 2.93 bits per heavy atom. The summed E-state index contributed by atoms with van der Waals surface area (Å²) in [7, 11) is 0. The van der Waals surface area contributed by atoms with Crippen molar-refractivity contribution < 1.29 is 5.11 Å². The largest absolute Gasteiger partial charge is 0.387 e. The first-order chi connectivity index (χ1) is 7.33. The zero-order valence-corrected chi connectivity index (χ0v) is 8.09. The summed E-state index contributed by atoms with van der Waals surface area (Å²) < 4.78 is 0. The number of fused-ring (bicyclic) bond motifs is 1. The molecule has 2 aromatic rings. The van der Waals surface area contributed by atoms with Gasteiger partial charge in [-0.05, 0) is 6.07 Å². The first-order valence-electron chi connectivity index (χ1n) is 4.64. The first kappa shape index (κ1) is 9.63. The molecule has 1 atom stereocenters. The normalized spacial score (nSPS) is 12.3. The lowest BCUT2D eigenvalue weighted by Crippen LogP contribution is -1.98. The fraction of sp³-hybridized carbons (Fsp3) is 0.167. The Bertz CT molecular complexity index is 511. The van der Waals surface area contributed by atoms with E-state index in [9.17, 15) is 5.11 Å². The van der Waals surface area contributed by atoms with Gasteiger partial charge in [-0.2, -0.15) is 0 Å². The molecule has 0 spiro atoms. The minimum atomic E-state index is -0.671. The third kappa shape index (κ3) is 1.80. The summed E-state index contributed by atoms with van der Waals surface area (Å²) in [6.07, 6.45) is 8.01. The van der Waals surface area contributed by atoms with Crippen LogP contribution < -0.4 is 0 Å². The predicted molar refractivity (Wildman–Crippen MR) is 57.9 cm³/mol. The average molecular weight is 198 g/mol. The highest BCUT2D eigenvalue weighted by Crippen LogP contribution is 2.22. The van der Waals surface area contributed by atoms with Gasteiger partial charge in [-0.15, -0.1) is 12.3 Å². The van der Waals surface area contributed by atoms with E-state index in [2.05, 4.69) is 15.9 Å². The molecule has 2 rings (SSSR count). The maximum absolute atomic E-state index is 9.81. The number of benzene rings is 1. The van der Waals surface area contributed by atoms with Gasteiger partial charge in [0.25, 0.3) is 0 Å². The van der Waals surface area contributed by atoms with E-state index in [0.717, 1.165) is 11.1 Å². The molecular formula is C12H10N2O. The van der Waals surface area contributed by atoms with Gasteiger partial charge in [0, 0.05) is 24.4 Å². The zero-order valence-electron chi connectivity index (χ0n) is 8.09. The zero-order chi connectivity index (χ0) is 10.7. The Hall–Kier alpha value is -1.92. The molecule has 0 aliphatic carbocycles. The van der Waals surface area contributed by atoms with Crippen LogP contribution in [0, 0.1) is 12.3 Å². The van der Waals surface area contributed by atoms with E-state index in [0.29, 0.717) is 5.52 Å². The van der Waals surface area contributed by atoms with Crippen molar-refractivity contribution in [3.8, 4) is 12.3 Å². The van der Waals surface area contributed by atoms with Crippen LogP contribution in [0.3, 0.4) is 0 Å². The number of aromatic nitrogens is 2. The molecule has 0 bridgehead atoms. The lowest BCUT2D eigenvalue weighted by atomic mass is 10.1. The van der Waals surface area contributed by atoms with Gasteiger partial charge in [0.1, 0.15) is 0 Å². The number of hydrogen-bond donors (Lipinski definition) is 1. The van der Waals surface area contributed by atoms with Gasteiger partial charge in [-0.25, -0.2) is 0 Å². The third-order valence-electron chi connectivity index (χ3n) is 2.20. The molecule has 1 unspecified atom stereocenters. The molecule has 0 aliphatic heterocycles. The van der Waals surface area contributed by atoms with Gasteiger partial charge in [-0.3, -0.25) is 9.97 Å². The molecule has 1 heterocycles. The van der Waals surface area contributed by atoms with Crippen molar-refractivity contribution in [3.63, 3.8) is 0 Å². The van der Waals surface area contributed by atoms with Gasteiger partial charge < -0.3 is 5.11 Å². The quantitative estimate of drug-likeness (QED) is 0.747. The van der Waals surface area contributed by atoms with Crippen molar-refractivity contribution in [1.82, 2.24) is 9.97 Å². The van der Waals surface area contributed by atoms with Crippen LogP contribution in [0.25, 0.3) is 11.0 Å². The number of hydrogen-bond acceptors (Lipinski definition) is 3. The van der Waals surface area contributed by atoms with Crippen LogP contribution in [0.5, 0.6) is 0 Å². The topological polar surface area (TPSA) is 46.0 Å². The minimum absolute atomic E-state index is 0.287. The fourth-order valence-electron chi connectivity index (χ4n) is 1.51. The van der Waals surface area contributed by atoms with Crippen LogP contribution in [0.1, 0.15) is 18.1 Å². The predicted octanol–water partition coefficient (Wildman–Crippen LogP) is 1.69. The molecule has 0 fully saturated rings. The molecule has 0 aliphatic rings. The molecule has 1 aromatic carbocycles. The van der Waals surface area contributed by atoms with Gasteiger partial charge >= 0.3 is 0 Å². The number of terminal acetylenes is 1. The molecule has 15 heavy (non-hydrogen) atoms. The van der Waals surface area contributed by atoms with Gasteiger partial charge in [-0.1, -0.05) is 12.1 Å². The monoisotopic (exact) mass is 198 g/mol. The highest BCUT2D eigenvalue weighted by Gasteiger charge is 2.10. The van der Waals surface area contributed by atoms with E-state index >= 15 is 0 Å². The Morgan fingerprint density at radius 1 is 1.33 bits per heavy atom. The summed E-state index contributed by atoms with van der Waals surface area (Å²) in [5.41, 5.74) is 2.22. The Labute approximate surface area is 87.8 Å². The average Bonchev–Trinajstić information content (AvgIpc) is 2.28. The minimum Gasteiger partial charge on any atom is -0.387 e. The van der Waals surface area contributed by atoms with Gasteiger partial charge in [0.05, 0.1) is 17.1 Å². The maximum Gasteiger partial charge on any atom is 0.0945 e. The SMILES string of the molecule is C#CCC(O)c1cccc2nccnc12.